The third kappa shape index (κ3) is 5.25. The van der Waals surface area contributed by atoms with E-state index in [0.29, 0.717) is 23.9 Å². The zero-order chi connectivity index (χ0) is 19.9. The highest BCUT2D eigenvalue weighted by Crippen LogP contribution is 2.31. The molecule has 1 saturated carbocycles. The molecule has 0 atom stereocenters. The molecule has 1 heterocycles. The van der Waals surface area contributed by atoms with Crippen LogP contribution in [0.1, 0.15) is 25.7 Å². The Balaban J connectivity index is 1.72. The van der Waals surface area contributed by atoms with E-state index < -0.39 is 0 Å². The van der Waals surface area contributed by atoms with E-state index in [1.54, 1.807) is 13.3 Å². The smallest absolute Gasteiger partial charge is 0.322 e. The first kappa shape index (κ1) is 20.2. The van der Waals surface area contributed by atoms with E-state index in [2.05, 4.69) is 20.4 Å². The number of aromatic amines is 1. The zero-order valence-corrected chi connectivity index (χ0v) is 17.1. The summed E-state index contributed by atoms with van der Waals surface area (Å²) in [5.41, 5.74) is 2.64. The summed E-state index contributed by atoms with van der Waals surface area (Å²) >= 11 is 0. The molecule has 1 aliphatic carbocycles. The van der Waals surface area contributed by atoms with Gasteiger partial charge in [-0.05, 0) is 50.6 Å². The molecule has 0 spiro atoms. The van der Waals surface area contributed by atoms with E-state index in [9.17, 15) is 4.79 Å². The van der Waals surface area contributed by atoms with Gasteiger partial charge in [0.1, 0.15) is 5.75 Å². The highest BCUT2D eigenvalue weighted by molar-refractivity contribution is 5.91. The number of methoxy groups -OCH3 is 1. The summed E-state index contributed by atoms with van der Waals surface area (Å²) in [6.07, 6.45) is 8.58. The molecule has 0 saturated heterocycles. The van der Waals surface area contributed by atoms with Crippen LogP contribution in [0.5, 0.6) is 5.75 Å². The molecule has 28 heavy (non-hydrogen) atoms. The van der Waals surface area contributed by atoms with Crippen LogP contribution in [-0.4, -0.2) is 66.9 Å². The average molecular weight is 386 g/mol. The van der Waals surface area contributed by atoms with Crippen LogP contribution in [0, 0.1) is 5.92 Å². The lowest BCUT2D eigenvalue weighted by molar-refractivity contribution is 0.194. The summed E-state index contributed by atoms with van der Waals surface area (Å²) in [5.74, 6) is 1.25. The molecule has 1 aromatic heterocycles. The van der Waals surface area contributed by atoms with Crippen molar-refractivity contribution in [2.45, 2.75) is 25.7 Å². The van der Waals surface area contributed by atoms with Gasteiger partial charge in [0, 0.05) is 31.4 Å². The standard InChI is InChI=1S/C21H31N5O2/c1-25(2)10-11-26(15-16-6-4-5-7-16)21(27)24-19-9-8-17(12-20(19)28-3)18-13-22-23-14-18/h8-9,12-14,16H,4-7,10-11,15H2,1-3H3,(H,22,23)(H,24,27). The number of urea groups is 1. The van der Waals surface area contributed by atoms with Crippen molar-refractivity contribution in [1.29, 1.82) is 0 Å². The lowest BCUT2D eigenvalue weighted by atomic mass is 10.1. The Morgan fingerprint density at radius 1 is 1.25 bits per heavy atom. The molecule has 0 aliphatic heterocycles. The Morgan fingerprint density at radius 2 is 2.04 bits per heavy atom. The van der Waals surface area contributed by atoms with E-state index in [0.717, 1.165) is 24.2 Å². The molecule has 7 heteroatoms. The van der Waals surface area contributed by atoms with Crippen LogP contribution in [0.15, 0.2) is 30.6 Å². The van der Waals surface area contributed by atoms with Crippen molar-refractivity contribution in [3.8, 4) is 16.9 Å². The number of carbonyl (C=O) groups excluding carboxylic acids is 1. The number of ether oxygens (including phenoxy) is 1. The molecular weight excluding hydrogens is 354 g/mol. The Hall–Kier alpha value is -2.54. The van der Waals surface area contributed by atoms with Gasteiger partial charge in [0.05, 0.1) is 19.0 Å². The number of nitrogens with zero attached hydrogens (tertiary/aromatic N) is 3. The molecule has 0 bridgehead atoms. The molecule has 2 amide bonds. The van der Waals surface area contributed by atoms with Crippen molar-refractivity contribution in [2.24, 2.45) is 5.92 Å². The number of hydrogen-bond donors (Lipinski definition) is 2. The second-order valence-corrected chi connectivity index (χ2v) is 7.73. The molecule has 3 rings (SSSR count). The second kappa shape index (κ2) is 9.59. The van der Waals surface area contributed by atoms with Gasteiger partial charge >= 0.3 is 6.03 Å². The monoisotopic (exact) mass is 385 g/mol. The molecule has 152 valence electrons. The van der Waals surface area contributed by atoms with Gasteiger partial charge in [-0.2, -0.15) is 5.10 Å². The summed E-state index contributed by atoms with van der Waals surface area (Å²) in [6, 6.07) is 5.70. The molecule has 0 radical (unpaired) electrons. The van der Waals surface area contributed by atoms with Crippen LogP contribution >= 0.6 is 0 Å². The van der Waals surface area contributed by atoms with Gasteiger partial charge in [-0.3, -0.25) is 5.10 Å². The first-order valence-electron chi connectivity index (χ1n) is 9.94. The number of aromatic nitrogens is 2. The summed E-state index contributed by atoms with van der Waals surface area (Å²) in [7, 11) is 5.68. The van der Waals surface area contributed by atoms with Crippen molar-refractivity contribution < 1.29 is 9.53 Å². The van der Waals surface area contributed by atoms with E-state index in [1.807, 2.05) is 43.4 Å². The molecular formula is C21H31N5O2. The van der Waals surface area contributed by atoms with Crippen molar-refractivity contribution in [3.05, 3.63) is 30.6 Å². The third-order valence-electron chi connectivity index (χ3n) is 5.33. The van der Waals surface area contributed by atoms with Crippen LogP contribution < -0.4 is 10.1 Å². The second-order valence-electron chi connectivity index (χ2n) is 7.73. The number of hydrogen-bond acceptors (Lipinski definition) is 4. The summed E-state index contributed by atoms with van der Waals surface area (Å²) in [4.78, 5) is 17.1. The van der Waals surface area contributed by atoms with Crippen molar-refractivity contribution in [3.63, 3.8) is 0 Å². The first-order valence-corrected chi connectivity index (χ1v) is 9.94. The van der Waals surface area contributed by atoms with E-state index in [4.69, 9.17) is 4.74 Å². The topological polar surface area (TPSA) is 73.5 Å². The highest BCUT2D eigenvalue weighted by atomic mass is 16.5. The fraction of sp³-hybridized carbons (Fsp3) is 0.524. The summed E-state index contributed by atoms with van der Waals surface area (Å²) in [6.45, 7) is 2.37. The number of nitrogens with one attached hydrogen (secondary N) is 2. The largest absolute Gasteiger partial charge is 0.495 e. The fourth-order valence-corrected chi connectivity index (χ4v) is 3.68. The summed E-state index contributed by atoms with van der Waals surface area (Å²) in [5, 5.41) is 9.85. The van der Waals surface area contributed by atoms with Crippen molar-refractivity contribution >= 4 is 11.7 Å². The van der Waals surface area contributed by atoms with Gasteiger partial charge < -0.3 is 19.9 Å². The third-order valence-corrected chi connectivity index (χ3v) is 5.33. The summed E-state index contributed by atoms with van der Waals surface area (Å²) < 4.78 is 5.52. The number of H-pyrrole nitrogens is 1. The Morgan fingerprint density at radius 3 is 2.68 bits per heavy atom. The number of likely N-dealkylation sites (N-methyl/N-ethyl adjacent to an activating group) is 1. The molecule has 7 nitrogen and oxygen atoms in total. The Labute approximate surface area is 167 Å². The quantitative estimate of drug-likeness (QED) is 0.727. The maximum atomic E-state index is 13.0. The van der Waals surface area contributed by atoms with Gasteiger partial charge in [0.2, 0.25) is 0 Å². The van der Waals surface area contributed by atoms with Gasteiger partial charge in [-0.15, -0.1) is 0 Å². The van der Waals surface area contributed by atoms with Crippen LogP contribution in [0.3, 0.4) is 0 Å². The highest BCUT2D eigenvalue weighted by Gasteiger charge is 2.22. The van der Waals surface area contributed by atoms with E-state index in [-0.39, 0.29) is 6.03 Å². The molecule has 1 aromatic carbocycles. The van der Waals surface area contributed by atoms with Crippen molar-refractivity contribution in [1.82, 2.24) is 20.0 Å². The van der Waals surface area contributed by atoms with Crippen LogP contribution in [0.25, 0.3) is 11.1 Å². The van der Waals surface area contributed by atoms with Gasteiger partial charge in [-0.25, -0.2) is 4.79 Å². The molecule has 2 aromatic rings. The number of carbonyl (C=O) groups is 1. The predicted octanol–water partition coefficient (Wildman–Crippen LogP) is 3.67. The minimum absolute atomic E-state index is 0.0666. The van der Waals surface area contributed by atoms with Crippen LogP contribution in [-0.2, 0) is 0 Å². The number of amides is 2. The molecule has 1 fully saturated rings. The lowest BCUT2D eigenvalue weighted by Gasteiger charge is -2.27. The average Bonchev–Trinajstić information content (AvgIpc) is 3.39. The van der Waals surface area contributed by atoms with Crippen molar-refractivity contribution in [2.75, 3.05) is 46.2 Å². The SMILES string of the molecule is COc1cc(-c2cn[nH]c2)ccc1NC(=O)N(CCN(C)C)CC1CCCC1. The normalized spacial score (nSPS) is 14.4. The Kier molecular flexibility index (Phi) is 6.92. The van der Waals surface area contributed by atoms with Gasteiger partial charge in [0.25, 0.3) is 0 Å². The van der Waals surface area contributed by atoms with E-state index in [1.165, 1.54) is 25.7 Å². The fourth-order valence-electron chi connectivity index (χ4n) is 3.68. The Bertz CT molecular complexity index is 754. The number of benzene rings is 1. The molecule has 2 N–H and O–H groups in total. The minimum Gasteiger partial charge on any atom is -0.495 e. The minimum atomic E-state index is -0.0666. The van der Waals surface area contributed by atoms with Gasteiger partial charge in [-0.1, -0.05) is 18.9 Å². The van der Waals surface area contributed by atoms with Crippen LogP contribution in [0.4, 0.5) is 10.5 Å². The number of rotatable bonds is 8. The van der Waals surface area contributed by atoms with E-state index >= 15 is 0 Å². The van der Waals surface area contributed by atoms with Gasteiger partial charge in [0.15, 0.2) is 0 Å². The molecule has 0 unspecified atom stereocenters. The first-order chi connectivity index (χ1) is 13.6. The maximum Gasteiger partial charge on any atom is 0.322 e. The lowest BCUT2D eigenvalue weighted by Crippen LogP contribution is -2.41. The molecule has 1 aliphatic rings. The zero-order valence-electron chi connectivity index (χ0n) is 17.1. The number of anilines is 1. The van der Waals surface area contributed by atoms with Crippen LogP contribution in [0.2, 0.25) is 0 Å². The predicted molar refractivity (Wildman–Crippen MR) is 112 cm³/mol. The maximum absolute atomic E-state index is 13.0.